The van der Waals surface area contributed by atoms with Gasteiger partial charge < -0.3 is 14.2 Å². The molecule has 1 amide bonds. The molecular formula is C20H20N4O2. The number of nitrogens with zero attached hydrogens (tertiary/aromatic N) is 4. The van der Waals surface area contributed by atoms with E-state index >= 15 is 0 Å². The first-order valence-corrected chi connectivity index (χ1v) is 8.72. The molecule has 2 aromatic heterocycles. The van der Waals surface area contributed by atoms with E-state index in [1.807, 2.05) is 47.4 Å². The van der Waals surface area contributed by atoms with Gasteiger partial charge in [-0.15, -0.1) is 0 Å². The predicted octanol–water partition coefficient (Wildman–Crippen LogP) is 2.63. The van der Waals surface area contributed by atoms with Gasteiger partial charge in [0, 0.05) is 49.8 Å². The number of aromatic nitrogens is 2. The lowest BCUT2D eigenvalue weighted by Gasteiger charge is -2.36. The Labute approximate surface area is 152 Å². The molecule has 1 aromatic carbocycles. The fourth-order valence-corrected chi connectivity index (χ4v) is 3.14. The Balaban J connectivity index is 1.34. The number of oxazole rings is 1. The molecule has 3 heterocycles. The summed E-state index contributed by atoms with van der Waals surface area (Å²) in [7, 11) is 0. The molecule has 1 aliphatic heterocycles. The zero-order valence-corrected chi connectivity index (χ0v) is 14.4. The number of rotatable bonds is 4. The van der Waals surface area contributed by atoms with Crippen molar-refractivity contribution in [1.82, 2.24) is 14.9 Å². The van der Waals surface area contributed by atoms with E-state index in [2.05, 4.69) is 14.9 Å². The van der Waals surface area contributed by atoms with E-state index in [-0.39, 0.29) is 12.3 Å². The molecule has 0 spiro atoms. The highest BCUT2D eigenvalue weighted by Gasteiger charge is 2.22. The summed E-state index contributed by atoms with van der Waals surface area (Å²) in [4.78, 5) is 25.2. The average molecular weight is 348 g/mol. The number of anilines is 1. The number of amides is 1. The SMILES string of the molecule is O=C(Cc1coc(-c2ccccc2)n1)N1CCN(c2ccncc2)CC1. The van der Waals surface area contributed by atoms with Crippen LogP contribution in [0.15, 0.2) is 65.5 Å². The van der Waals surface area contributed by atoms with E-state index < -0.39 is 0 Å². The maximum Gasteiger partial charge on any atom is 0.228 e. The van der Waals surface area contributed by atoms with Gasteiger partial charge in [0.15, 0.2) is 0 Å². The molecule has 0 aliphatic carbocycles. The van der Waals surface area contributed by atoms with Crippen molar-refractivity contribution in [3.05, 3.63) is 66.8 Å². The molecule has 0 N–H and O–H groups in total. The molecule has 3 aromatic rings. The van der Waals surface area contributed by atoms with Crippen molar-refractivity contribution in [2.45, 2.75) is 6.42 Å². The lowest BCUT2D eigenvalue weighted by Crippen LogP contribution is -2.49. The molecule has 132 valence electrons. The fraction of sp³-hybridized carbons (Fsp3) is 0.250. The Morgan fingerprint density at radius 1 is 1.00 bits per heavy atom. The van der Waals surface area contributed by atoms with Crippen LogP contribution in [0.2, 0.25) is 0 Å². The molecule has 0 atom stereocenters. The lowest BCUT2D eigenvalue weighted by molar-refractivity contribution is -0.130. The van der Waals surface area contributed by atoms with Crippen LogP contribution in [-0.2, 0) is 11.2 Å². The summed E-state index contributed by atoms with van der Waals surface area (Å²) in [6.45, 7) is 3.07. The molecule has 0 bridgehead atoms. The van der Waals surface area contributed by atoms with Gasteiger partial charge in [0.1, 0.15) is 6.26 Å². The molecule has 0 unspecified atom stereocenters. The van der Waals surface area contributed by atoms with Crippen LogP contribution in [0.3, 0.4) is 0 Å². The second-order valence-electron chi connectivity index (χ2n) is 6.26. The van der Waals surface area contributed by atoms with E-state index in [4.69, 9.17) is 4.42 Å². The van der Waals surface area contributed by atoms with Crippen LogP contribution in [0, 0.1) is 0 Å². The number of hydrogen-bond donors (Lipinski definition) is 0. The normalized spacial score (nSPS) is 14.5. The summed E-state index contributed by atoms with van der Waals surface area (Å²) in [5.41, 5.74) is 2.73. The lowest BCUT2D eigenvalue weighted by atomic mass is 10.2. The monoisotopic (exact) mass is 348 g/mol. The predicted molar refractivity (Wildman–Crippen MR) is 98.7 cm³/mol. The number of pyridine rings is 1. The first-order valence-electron chi connectivity index (χ1n) is 8.72. The van der Waals surface area contributed by atoms with Gasteiger partial charge in [-0.3, -0.25) is 9.78 Å². The molecule has 26 heavy (non-hydrogen) atoms. The van der Waals surface area contributed by atoms with Gasteiger partial charge in [0.2, 0.25) is 11.8 Å². The summed E-state index contributed by atoms with van der Waals surface area (Å²) < 4.78 is 5.52. The molecule has 0 saturated carbocycles. The van der Waals surface area contributed by atoms with Gasteiger partial charge in [0.25, 0.3) is 0 Å². The third kappa shape index (κ3) is 3.59. The minimum absolute atomic E-state index is 0.0901. The van der Waals surface area contributed by atoms with Crippen molar-refractivity contribution in [3.8, 4) is 11.5 Å². The summed E-state index contributed by atoms with van der Waals surface area (Å²) in [6.07, 6.45) is 5.43. The molecule has 4 rings (SSSR count). The van der Waals surface area contributed by atoms with Crippen LogP contribution in [0.4, 0.5) is 5.69 Å². The molecule has 6 nitrogen and oxygen atoms in total. The van der Waals surface area contributed by atoms with Crippen molar-refractivity contribution in [1.29, 1.82) is 0 Å². The summed E-state index contributed by atoms with van der Waals surface area (Å²) in [5.74, 6) is 0.642. The van der Waals surface area contributed by atoms with E-state index in [1.54, 1.807) is 18.7 Å². The van der Waals surface area contributed by atoms with Crippen LogP contribution < -0.4 is 4.90 Å². The topological polar surface area (TPSA) is 62.5 Å². The average Bonchev–Trinajstić information content (AvgIpc) is 3.18. The van der Waals surface area contributed by atoms with E-state index in [1.165, 1.54) is 0 Å². The Morgan fingerprint density at radius 3 is 2.46 bits per heavy atom. The number of piperazine rings is 1. The van der Waals surface area contributed by atoms with E-state index in [0.717, 1.165) is 24.3 Å². The number of benzene rings is 1. The van der Waals surface area contributed by atoms with E-state index in [0.29, 0.717) is 24.7 Å². The third-order valence-electron chi connectivity index (χ3n) is 4.57. The van der Waals surface area contributed by atoms with Crippen LogP contribution in [0.25, 0.3) is 11.5 Å². The van der Waals surface area contributed by atoms with Gasteiger partial charge in [0.05, 0.1) is 12.1 Å². The first kappa shape index (κ1) is 16.3. The minimum atomic E-state index is 0.0901. The van der Waals surface area contributed by atoms with Gasteiger partial charge in [-0.25, -0.2) is 4.98 Å². The van der Waals surface area contributed by atoms with Gasteiger partial charge in [-0.1, -0.05) is 18.2 Å². The van der Waals surface area contributed by atoms with Gasteiger partial charge in [-0.05, 0) is 24.3 Å². The van der Waals surface area contributed by atoms with Crippen LogP contribution in [0.5, 0.6) is 0 Å². The Kier molecular flexibility index (Phi) is 4.64. The molecule has 1 saturated heterocycles. The third-order valence-corrected chi connectivity index (χ3v) is 4.57. The summed E-state index contributed by atoms with van der Waals surface area (Å²) in [5, 5.41) is 0. The Hall–Kier alpha value is -3.15. The number of carbonyl (C=O) groups excluding carboxylic acids is 1. The van der Waals surface area contributed by atoms with Gasteiger partial charge >= 0.3 is 0 Å². The molecule has 6 heteroatoms. The largest absolute Gasteiger partial charge is 0.444 e. The summed E-state index contributed by atoms with van der Waals surface area (Å²) >= 11 is 0. The molecular weight excluding hydrogens is 328 g/mol. The first-order chi connectivity index (χ1) is 12.8. The van der Waals surface area contributed by atoms with Crippen LogP contribution in [-0.4, -0.2) is 47.0 Å². The molecule has 1 aliphatic rings. The van der Waals surface area contributed by atoms with E-state index in [9.17, 15) is 4.79 Å². The van der Waals surface area contributed by atoms with Crippen molar-refractivity contribution < 1.29 is 9.21 Å². The maximum absolute atomic E-state index is 12.6. The highest BCUT2D eigenvalue weighted by Crippen LogP contribution is 2.19. The second-order valence-corrected chi connectivity index (χ2v) is 6.26. The number of carbonyl (C=O) groups is 1. The smallest absolute Gasteiger partial charge is 0.228 e. The zero-order valence-electron chi connectivity index (χ0n) is 14.4. The second kappa shape index (κ2) is 7.39. The molecule has 1 fully saturated rings. The Bertz CT molecular complexity index is 856. The zero-order chi connectivity index (χ0) is 17.8. The highest BCUT2D eigenvalue weighted by atomic mass is 16.3. The number of hydrogen-bond acceptors (Lipinski definition) is 5. The van der Waals surface area contributed by atoms with Gasteiger partial charge in [-0.2, -0.15) is 0 Å². The quantitative estimate of drug-likeness (QED) is 0.725. The van der Waals surface area contributed by atoms with Crippen LogP contribution in [0.1, 0.15) is 5.69 Å². The van der Waals surface area contributed by atoms with Crippen molar-refractivity contribution in [3.63, 3.8) is 0 Å². The fourth-order valence-electron chi connectivity index (χ4n) is 3.14. The maximum atomic E-state index is 12.6. The van der Waals surface area contributed by atoms with Crippen molar-refractivity contribution in [2.24, 2.45) is 0 Å². The molecule has 0 radical (unpaired) electrons. The Morgan fingerprint density at radius 2 is 1.73 bits per heavy atom. The van der Waals surface area contributed by atoms with Crippen LogP contribution >= 0.6 is 0 Å². The summed E-state index contributed by atoms with van der Waals surface area (Å²) in [6, 6.07) is 13.7. The van der Waals surface area contributed by atoms with Crippen molar-refractivity contribution >= 4 is 11.6 Å². The minimum Gasteiger partial charge on any atom is -0.444 e. The van der Waals surface area contributed by atoms with Crippen molar-refractivity contribution in [2.75, 3.05) is 31.1 Å². The standard InChI is InChI=1S/C20H20N4O2/c25-19(14-17-15-26-20(22-17)16-4-2-1-3-5-16)24-12-10-23(11-13-24)18-6-8-21-9-7-18/h1-9,15H,10-14H2. The highest BCUT2D eigenvalue weighted by molar-refractivity contribution is 5.78.